The van der Waals surface area contributed by atoms with Crippen LogP contribution in [0.1, 0.15) is 174 Å². The molecule has 2 rings (SSSR count). The van der Waals surface area contributed by atoms with Gasteiger partial charge in [-0.1, -0.05) is 140 Å². The van der Waals surface area contributed by atoms with Gasteiger partial charge in [0.1, 0.15) is 54.9 Å². The zero-order chi connectivity index (χ0) is 48.0. The number of aliphatic hydroxyl groups excluding tert-OH is 7. The van der Waals surface area contributed by atoms with Crippen LogP contribution >= 0.6 is 0 Å². The van der Waals surface area contributed by atoms with E-state index in [-0.39, 0.29) is 19.6 Å². The normalized spacial score (nSPS) is 26.7. The van der Waals surface area contributed by atoms with E-state index in [4.69, 9.17) is 28.4 Å². The zero-order valence-electron chi connectivity index (χ0n) is 40.7. The molecule has 2 heterocycles. The van der Waals surface area contributed by atoms with Gasteiger partial charge in [0.15, 0.2) is 12.6 Å². The first-order valence-electron chi connectivity index (χ1n) is 25.7. The van der Waals surface area contributed by atoms with Gasteiger partial charge in [-0.25, -0.2) is 0 Å². The Balaban J connectivity index is 1.79. The van der Waals surface area contributed by atoms with Crippen molar-refractivity contribution in [1.82, 2.24) is 0 Å². The lowest BCUT2D eigenvalue weighted by molar-refractivity contribution is -0.332. The van der Waals surface area contributed by atoms with Crippen molar-refractivity contribution >= 4 is 5.97 Å². The third kappa shape index (κ3) is 27.2. The molecule has 0 amide bonds. The topological polar surface area (TPSA) is 214 Å². The van der Waals surface area contributed by atoms with Gasteiger partial charge < -0.3 is 64.2 Å². The molecule has 2 fully saturated rings. The monoisotopic (exact) mass is 941 g/mol. The molecular formula is C52H92O14. The number of hydrogen-bond acceptors (Lipinski definition) is 14. The Morgan fingerprint density at radius 2 is 0.939 bits per heavy atom. The lowest BCUT2D eigenvalue weighted by atomic mass is 9.98. The first-order valence-corrected chi connectivity index (χ1v) is 25.7. The van der Waals surface area contributed by atoms with Gasteiger partial charge >= 0.3 is 5.97 Å². The van der Waals surface area contributed by atoms with Crippen LogP contribution < -0.4 is 0 Å². The number of carbonyl (C=O) groups is 1. The van der Waals surface area contributed by atoms with Gasteiger partial charge in [-0.2, -0.15) is 0 Å². The number of rotatable bonds is 40. The molecule has 2 aliphatic heterocycles. The first-order chi connectivity index (χ1) is 32.1. The minimum absolute atomic E-state index is 0.0475. The largest absolute Gasteiger partial charge is 0.457 e. The average molecular weight is 941 g/mol. The molecule has 0 spiro atoms. The molecule has 14 heteroatoms. The predicted octanol–water partition coefficient (Wildman–Crippen LogP) is 7.57. The summed E-state index contributed by atoms with van der Waals surface area (Å²) in [7, 11) is 0. The summed E-state index contributed by atoms with van der Waals surface area (Å²) in [5.74, 6) is -0.395. The highest BCUT2D eigenvalue weighted by atomic mass is 16.7. The summed E-state index contributed by atoms with van der Waals surface area (Å²) in [5, 5.41) is 72.1. The number of esters is 1. The summed E-state index contributed by atoms with van der Waals surface area (Å²) in [5.41, 5.74) is 0. The van der Waals surface area contributed by atoms with Gasteiger partial charge in [0.2, 0.25) is 0 Å². The second-order valence-electron chi connectivity index (χ2n) is 18.0. The second-order valence-corrected chi connectivity index (χ2v) is 18.0. The molecule has 11 atom stereocenters. The van der Waals surface area contributed by atoms with Crippen molar-refractivity contribution in [1.29, 1.82) is 0 Å². The molecular weight excluding hydrogens is 849 g/mol. The van der Waals surface area contributed by atoms with E-state index in [0.717, 1.165) is 83.5 Å². The molecule has 14 nitrogen and oxygen atoms in total. The minimum atomic E-state index is -1.71. The van der Waals surface area contributed by atoms with Crippen molar-refractivity contribution in [3.8, 4) is 0 Å². The molecule has 0 saturated carbocycles. The molecule has 0 aliphatic carbocycles. The van der Waals surface area contributed by atoms with Crippen LogP contribution in [0.5, 0.6) is 0 Å². The van der Waals surface area contributed by atoms with Crippen molar-refractivity contribution in [3.63, 3.8) is 0 Å². The molecule has 0 bridgehead atoms. The Labute approximate surface area is 397 Å². The fourth-order valence-electron chi connectivity index (χ4n) is 7.81. The maximum atomic E-state index is 13.0. The highest BCUT2D eigenvalue weighted by Crippen LogP contribution is 2.26. The maximum absolute atomic E-state index is 13.0. The number of carbonyl (C=O) groups excluding carboxylic acids is 1. The molecule has 2 saturated heterocycles. The smallest absolute Gasteiger partial charge is 0.306 e. The van der Waals surface area contributed by atoms with E-state index < -0.39 is 86.7 Å². The third-order valence-electron chi connectivity index (χ3n) is 12.1. The number of aliphatic hydroxyl groups is 7. The van der Waals surface area contributed by atoms with Crippen LogP contribution in [0, 0.1) is 0 Å². The van der Waals surface area contributed by atoms with Crippen molar-refractivity contribution < 1.29 is 69.0 Å². The van der Waals surface area contributed by atoms with E-state index in [1.165, 1.54) is 64.2 Å². The van der Waals surface area contributed by atoms with Crippen molar-refractivity contribution in [2.24, 2.45) is 0 Å². The summed E-state index contributed by atoms with van der Waals surface area (Å²) >= 11 is 0. The Bertz CT molecular complexity index is 1280. The van der Waals surface area contributed by atoms with Crippen LogP contribution in [0.2, 0.25) is 0 Å². The van der Waals surface area contributed by atoms with E-state index >= 15 is 0 Å². The summed E-state index contributed by atoms with van der Waals surface area (Å²) in [6.45, 7) is 3.59. The number of unbranched alkanes of at least 4 members (excludes halogenated alkanes) is 18. The average Bonchev–Trinajstić information content (AvgIpc) is 3.31. The lowest BCUT2D eigenvalue weighted by Crippen LogP contribution is -2.61. The van der Waals surface area contributed by atoms with Gasteiger partial charge in [0.25, 0.3) is 0 Å². The van der Waals surface area contributed by atoms with Gasteiger partial charge in [-0.3, -0.25) is 4.79 Å². The molecule has 0 aromatic carbocycles. The summed E-state index contributed by atoms with van der Waals surface area (Å²) in [6, 6.07) is 0. The van der Waals surface area contributed by atoms with Crippen molar-refractivity contribution in [3.05, 3.63) is 48.6 Å². The zero-order valence-corrected chi connectivity index (χ0v) is 40.7. The van der Waals surface area contributed by atoms with Crippen LogP contribution in [0.15, 0.2) is 48.6 Å². The minimum Gasteiger partial charge on any atom is -0.457 e. The molecule has 0 aromatic rings. The fraction of sp³-hybridized carbons (Fsp3) is 0.827. The van der Waals surface area contributed by atoms with Crippen LogP contribution in [-0.4, -0.2) is 142 Å². The summed E-state index contributed by atoms with van der Waals surface area (Å²) in [4.78, 5) is 13.0. The standard InChI is InChI=1S/C52H92O14/c1-3-5-7-9-11-13-15-17-19-21-23-25-27-29-31-33-35-44(54)64-41(38-61-36-34-32-30-28-26-24-22-20-18-16-14-12-10-8-6-4-2)39-62-51-50(60)48(58)46(56)43(66-51)40-63-52-49(59)47(57)45(55)42(37-53)65-52/h12-15,18-21,41-43,45-53,55-60H,3-11,16-17,22-40H2,1-2H3/b14-12-,15-13-,20-18-,21-19-. The first kappa shape index (κ1) is 60.1. The van der Waals surface area contributed by atoms with Gasteiger partial charge in [0, 0.05) is 13.0 Å². The van der Waals surface area contributed by atoms with E-state index in [2.05, 4.69) is 62.5 Å². The predicted molar refractivity (Wildman–Crippen MR) is 256 cm³/mol. The maximum Gasteiger partial charge on any atom is 0.306 e. The van der Waals surface area contributed by atoms with Crippen LogP contribution in [0.25, 0.3) is 0 Å². The summed E-state index contributed by atoms with van der Waals surface area (Å²) in [6.07, 6.45) is 28.8. The Hall–Kier alpha value is -2.05. The quantitative estimate of drug-likeness (QED) is 0.0179. The van der Waals surface area contributed by atoms with E-state index in [1.807, 2.05) is 0 Å². The van der Waals surface area contributed by atoms with E-state index in [1.54, 1.807) is 0 Å². The van der Waals surface area contributed by atoms with Gasteiger partial charge in [0.05, 0.1) is 26.4 Å². The number of allylic oxidation sites excluding steroid dienone is 8. The van der Waals surface area contributed by atoms with Crippen molar-refractivity contribution in [2.45, 2.75) is 242 Å². The molecule has 0 aromatic heterocycles. The van der Waals surface area contributed by atoms with Gasteiger partial charge in [-0.05, 0) is 77.0 Å². The number of ether oxygens (including phenoxy) is 6. The second kappa shape index (κ2) is 39.8. The van der Waals surface area contributed by atoms with Crippen LogP contribution in [0.3, 0.4) is 0 Å². The van der Waals surface area contributed by atoms with E-state index in [9.17, 15) is 40.5 Å². The highest BCUT2D eigenvalue weighted by Gasteiger charge is 2.47. The fourth-order valence-corrected chi connectivity index (χ4v) is 7.81. The van der Waals surface area contributed by atoms with Crippen LogP contribution in [0.4, 0.5) is 0 Å². The van der Waals surface area contributed by atoms with E-state index in [0.29, 0.717) is 13.0 Å². The van der Waals surface area contributed by atoms with Gasteiger partial charge in [-0.15, -0.1) is 0 Å². The molecule has 2 aliphatic rings. The number of hydrogen-bond donors (Lipinski definition) is 7. The third-order valence-corrected chi connectivity index (χ3v) is 12.1. The Morgan fingerprint density at radius 1 is 0.500 bits per heavy atom. The van der Waals surface area contributed by atoms with Crippen LogP contribution in [-0.2, 0) is 33.2 Å². The molecule has 0 radical (unpaired) electrons. The molecule has 7 N–H and O–H groups in total. The summed E-state index contributed by atoms with van der Waals surface area (Å²) < 4.78 is 34.2. The SMILES string of the molecule is CCCCC/C=C\C/C=C\CCCCCCCCOCC(COC1OC(COC2OC(CO)C(O)C(O)C2O)C(O)C(O)C1O)OC(=O)CCCCCCC/C=C\C/C=C\CCCCCC. The molecule has 384 valence electrons. The Kier molecular flexibility index (Phi) is 36.2. The lowest BCUT2D eigenvalue weighted by Gasteiger charge is -2.42. The van der Waals surface area contributed by atoms with Crippen molar-refractivity contribution in [2.75, 3.05) is 33.0 Å². The Morgan fingerprint density at radius 3 is 1.48 bits per heavy atom. The highest BCUT2D eigenvalue weighted by molar-refractivity contribution is 5.69. The molecule has 66 heavy (non-hydrogen) atoms. The molecule has 11 unspecified atom stereocenters.